The average molecular weight is 311 g/mol. The minimum atomic E-state index is -0.0759. The molecule has 0 aliphatic rings. The second-order valence-corrected chi connectivity index (χ2v) is 5.81. The molecule has 0 saturated heterocycles. The van der Waals surface area contributed by atoms with Crippen LogP contribution in [0, 0.1) is 0 Å². The molecule has 3 N–H and O–H groups in total. The summed E-state index contributed by atoms with van der Waals surface area (Å²) < 4.78 is 1.73. The Morgan fingerprint density at radius 3 is 3.00 bits per heavy atom. The predicted molar refractivity (Wildman–Crippen MR) is 83.0 cm³/mol. The van der Waals surface area contributed by atoms with Crippen molar-refractivity contribution in [1.29, 1.82) is 0 Å². The number of benzene rings is 1. The molecule has 7 heteroatoms. The van der Waals surface area contributed by atoms with Gasteiger partial charge in [-0.3, -0.25) is 9.48 Å². The van der Waals surface area contributed by atoms with Crippen LogP contribution >= 0.6 is 23.4 Å². The number of nitrogens with two attached hydrogens (primary N) is 1. The third-order valence-electron chi connectivity index (χ3n) is 2.55. The lowest BCUT2D eigenvalue weighted by Crippen LogP contribution is -2.12. The molecule has 0 saturated carbocycles. The first kappa shape index (κ1) is 14.7. The fourth-order valence-electron chi connectivity index (χ4n) is 1.58. The number of nitrogens with zero attached hydrogens (tertiary/aromatic N) is 2. The molecule has 2 rings (SSSR count). The van der Waals surface area contributed by atoms with Gasteiger partial charge in [-0.1, -0.05) is 11.6 Å². The highest BCUT2D eigenvalue weighted by molar-refractivity contribution is 7.99. The van der Waals surface area contributed by atoms with E-state index in [2.05, 4.69) is 10.4 Å². The third-order valence-corrected chi connectivity index (χ3v) is 3.81. The Morgan fingerprint density at radius 1 is 1.55 bits per heavy atom. The quantitative estimate of drug-likeness (QED) is 0.658. The first-order chi connectivity index (χ1) is 9.54. The highest BCUT2D eigenvalue weighted by atomic mass is 35.5. The van der Waals surface area contributed by atoms with Gasteiger partial charge in [-0.2, -0.15) is 5.10 Å². The maximum Gasteiger partial charge on any atom is 0.225 e. The molecular formula is C13H15ClN4OS. The molecule has 0 aliphatic carbocycles. The molecule has 1 aromatic heterocycles. The first-order valence-electron chi connectivity index (χ1n) is 6.01. The number of thioether (sulfide) groups is 1. The van der Waals surface area contributed by atoms with Gasteiger partial charge in [0, 0.05) is 36.0 Å². The van der Waals surface area contributed by atoms with Gasteiger partial charge in [0.2, 0.25) is 5.91 Å². The molecule has 0 atom stereocenters. The zero-order valence-electron chi connectivity index (χ0n) is 11.0. The number of carbonyl (C=O) groups is 1. The fourth-order valence-corrected chi connectivity index (χ4v) is 2.69. The third kappa shape index (κ3) is 4.18. The summed E-state index contributed by atoms with van der Waals surface area (Å²) in [4.78, 5) is 12.9. The number of halogens is 1. The molecule has 0 spiro atoms. The highest BCUT2D eigenvalue weighted by Gasteiger charge is 2.07. The van der Waals surface area contributed by atoms with E-state index in [1.54, 1.807) is 40.8 Å². The molecule has 0 radical (unpaired) electrons. The van der Waals surface area contributed by atoms with Gasteiger partial charge in [-0.25, -0.2) is 0 Å². The van der Waals surface area contributed by atoms with Crippen molar-refractivity contribution in [2.75, 3.05) is 16.8 Å². The van der Waals surface area contributed by atoms with E-state index in [4.69, 9.17) is 17.3 Å². The number of aryl methyl sites for hydroxylation is 1. The Morgan fingerprint density at radius 2 is 2.35 bits per heavy atom. The highest BCUT2D eigenvalue weighted by Crippen LogP contribution is 2.24. The second-order valence-electron chi connectivity index (χ2n) is 4.24. The van der Waals surface area contributed by atoms with Gasteiger partial charge < -0.3 is 11.1 Å². The first-order valence-corrected chi connectivity index (χ1v) is 7.37. The van der Waals surface area contributed by atoms with Gasteiger partial charge in [-0.15, -0.1) is 11.8 Å². The van der Waals surface area contributed by atoms with Gasteiger partial charge in [0.1, 0.15) is 0 Å². The van der Waals surface area contributed by atoms with Crippen molar-refractivity contribution in [3.8, 4) is 0 Å². The smallest absolute Gasteiger partial charge is 0.225 e. The molecular weight excluding hydrogens is 296 g/mol. The second kappa shape index (κ2) is 6.67. The van der Waals surface area contributed by atoms with Crippen molar-refractivity contribution in [1.82, 2.24) is 9.78 Å². The Kier molecular flexibility index (Phi) is 4.92. The van der Waals surface area contributed by atoms with E-state index in [1.165, 1.54) is 0 Å². The topological polar surface area (TPSA) is 72.9 Å². The van der Waals surface area contributed by atoms with Crippen LogP contribution in [0.4, 0.5) is 11.4 Å². The summed E-state index contributed by atoms with van der Waals surface area (Å²) in [5.41, 5.74) is 6.75. The summed E-state index contributed by atoms with van der Waals surface area (Å²) in [7, 11) is 1.86. The summed E-state index contributed by atoms with van der Waals surface area (Å²) >= 11 is 7.58. The number of rotatable bonds is 5. The molecule has 2 aromatic rings. The molecule has 5 nitrogen and oxygen atoms in total. The zero-order chi connectivity index (χ0) is 14.5. The molecule has 0 aliphatic heterocycles. The van der Waals surface area contributed by atoms with Crippen LogP contribution in [0.15, 0.2) is 35.5 Å². The number of hydrogen-bond acceptors (Lipinski definition) is 4. The number of hydrogen-bond donors (Lipinski definition) is 2. The van der Waals surface area contributed by atoms with E-state index in [0.29, 0.717) is 28.6 Å². The van der Waals surface area contributed by atoms with Gasteiger partial charge in [0.15, 0.2) is 0 Å². The average Bonchev–Trinajstić information content (AvgIpc) is 2.79. The standard InChI is InChI=1S/C13H15ClN4OS/c1-18-8-10(7-16-18)20-5-4-13(19)17-12-3-2-9(15)6-11(12)14/h2-3,6-8H,4-5,15H2,1H3,(H,17,19). The van der Waals surface area contributed by atoms with Gasteiger partial charge >= 0.3 is 0 Å². The number of nitrogen functional groups attached to an aromatic ring is 1. The summed E-state index contributed by atoms with van der Waals surface area (Å²) in [6.45, 7) is 0. The monoisotopic (exact) mass is 310 g/mol. The largest absolute Gasteiger partial charge is 0.399 e. The lowest BCUT2D eigenvalue weighted by molar-refractivity contribution is -0.115. The summed E-state index contributed by atoms with van der Waals surface area (Å²) in [6, 6.07) is 5.01. The lowest BCUT2D eigenvalue weighted by Gasteiger charge is -2.07. The number of aromatic nitrogens is 2. The Labute approximate surface area is 126 Å². The van der Waals surface area contributed by atoms with Gasteiger partial charge in [-0.05, 0) is 18.2 Å². The molecule has 106 valence electrons. The van der Waals surface area contributed by atoms with Crippen molar-refractivity contribution < 1.29 is 4.79 Å². The van der Waals surface area contributed by atoms with E-state index >= 15 is 0 Å². The molecule has 1 amide bonds. The van der Waals surface area contributed by atoms with Crippen LogP contribution < -0.4 is 11.1 Å². The number of nitrogens with one attached hydrogen (secondary N) is 1. The normalized spacial score (nSPS) is 10.5. The van der Waals surface area contributed by atoms with E-state index in [-0.39, 0.29) is 5.91 Å². The van der Waals surface area contributed by atoms with Crippen LogP contribution in [0.5, 0.6) is 0 Å². The van der Waals surface area contributed by atoms with Crippen molar-refractivity contribution in [3.63, 3.8) is 0 Å². The molecule has 1 aromatic carbocycles. The Balaban J connectivity index is 1.80. The van der Waals surface area contributed by atoms with Crippen molar-refractivity contribution in [2.24, 2.45) is 7.05 Å². The van der Waals surface area contributed by atoms with Crippen LogP contribution in [-0.2, 0) is 11.8 Å². The summed E-state index contributed by atoms with van der Waals surface area (Å²) in [6.07, 6.45) is 4.10. The fraction of sp³-hybridized carbons (Fsp3) is 0.231. The van der Waals surface area contributed by atoms with E-state index in [1.807, 2.05) is 13.2 Å². The maximum atomic E-state index is 11.8. The zero-order valence-corrected chi connectivity index (χ0v) is 12.5. The van der Waals surface area contributed by atoms with Gasteiger partial charge in [0.05, 0.1) is 16.9 Å². The minimum Gasteiger partial charge on any atom is -0.399 e. The van der Waals surface area contributed by atoms with E-state index in [0.717, 1.165) is 4.90 Å². The Bertz CT molecular complexity index is 614. The van der Waals surface area contributed by atoms with Gasteiger partial charge in [0.25, 0.3) is 0 Å². The van der Waals surface area contributed by atoms with Crippen LogP contribution in [0.2, 0.25) is 5.02 Å². The van der Waals surface area contributed by atoms with Crippen LogP contribution in [0.25, 0.3) is 0 Å². The van der Waals surface area contributed by atoms with E-state index < -0.39 is 0 Å². The minimum absolute atomic E-state index is 0.0759. The number of carbonyl (C=O) groups excluding carboxylic acids is 1. The molecule has 0 fully saturated rings. The van der Waals surface area contributed by atoms with Crippen LogP contribution in [0.1, 0.15) is 6.42 Å². The lowest BCUT2D eigenvalue weighted by atomic mass is 10.3. The molecule has 1 heterocycles. The molecule has 0 bridgehead atoms. The van der Waals surface area contributed by atoms with Crippen molar-refractivity contribution >= 4 is 40.6 Å². The van der Waals surface area contributed by atoms with Crippen LogP contribution in [0.3, 0.4) is 0 Å². The van der Waals surface area contributed by atoms with Crippen molar-refractivity contribution in [2.45, 2.75) is 11.3 Å². The summed E-state index contributed by atoms with van der Waals surface area (Å²) in [5, 5.41) is 7.28. The number of anilines is 2. The van der Waals surface area contributed by atoms with E-state index in [9.17, 15) is 4.79 Å². The SMILES string of the molecule is Cn1cc(SCCC(=O)Nc2ccc(N)cc2Cl)cn1. The maximum absolute atomic E-state index is 11.8. The Hall–Kier alpha value is -1.66. The molecule has 20 heavy (non-hydrogen) atoms. The number of amides is 1. The van der Waals surface area contributed by atoms with Crippen molar-refractivity contribution in [3.05, 3.63) is 35.6 Å². The predicted octanol–water partition coefficient (Wildman–Crippen LogP) is 2.78. The summed E-state index contributed by atoms with van der Waals surface area (Å²) in [5.74, 6) is 0.609. The molecule has 0 unspecified atom stereocenters. The van der Waals surface area contributed by atoms with Crippen LogP contribution in [-0.4, -0.2) is 21.4 Å².